The number of aromatic nitrogens is 1. The van der Waals surface area contributed by atoms with E-state index in [2.05, 4.69) is 6.92 Å². The summed E-state index contributed by atoms with van der Waals surface area (Å²) in [7, 11) is 0. The zero-order valence-corrected chi connectivity index (χ0v) is 18.8. The monoisotopic (exact) mass is 405 g/mol. The molecular formula is C25H43NO3. The molecule has 0 bridgehead atoms. The molecule has 0 aliphatic carbocycles. The van der Waals surface area contributed by atoms with Gasteiger partial charge in [0.2, 0.25) is 0 Å². The van der Waals surface area contributed by atoms with Gasteiger partial charge in [0.1, 0.15) is 0 Å². The molecule has 1 rings (SSSR count). The highest BCUT2D eigenvalue weighted by Gasteiger charge is 2.11. The molecule has 4 heteroatoms. The minimum atomic E-state index is -0.344. The van der Waals surface area contributed by atoms with Crippen LogP contribution in [0, 0.1) is 0 Å². The standard InChI is InChI=1S/C25H43NO3/c1-3-5-6-7-8-9-10-11-12-13-14-15-16-17-18-19-20-26-22(4-2)25(29)23(27)21-24(26)28/h19-21,27,29H,3-18H2,1-2H3. The van der Waals surface area contributed by atoms with Gasteiger partial charge >= 0.3 is 0 Å². The molecule has 2 N–H and O–H groups in total. The van der Waals surface area contributed by atoms with Crippen molar-refractivity contribution in [3.63, 3.8) is 0 Å². The van der Waals surface area contributed by atoms with Crippen LogP contribution in [0.3, 0.4) is 0 Å². The second-order valence-electron chi connectivity index (χ2n) is 8.16. The molecule has 0 fully saturated rings. The molecule has 0 atom stereocenters. The first-order valence-corrected chi connectivity index (χ1v) is 11.9. The van der Waals surface area contributed by atoms with Crippen molar-refractivity contribution in [3.05, 3.63) is 28.2 Å². The van der Waals surface area contributed by atoms with Crippen LogP contribution in [0.4, 0.5) is 0 Å². The minimum absolute atomic E-state index is 0.201. The van der Waals surface area contributed by atoms with Crippen molar-refractivity contribution in [2.75, 3.05) is 0 Å². The summed E-state index contributed by atoms with van der Waals surface area (Å²) in [5.41, 5.74) is 0.140. The third-order valence-electron chi connectivity index (χ3n) is 5.62. The van der Waals surface area contributed by atoms with E-state index < -0.39 is 0 Å². The van der Waals surface area contributed by atoms with E-state index in [4.69, 9.17) is 0 Å². The molecule has 0 amide bonds. The summed E-state index contributed by atoms with van der Waals surface area (Å²) in [6.07, 6.45) is 24.0. The first-order valence-electron chi connectivity index (χ1n) is 11.9. The lowest BCUT2D eigenvalue weighted by Gasteiger charge is -2.10. The van der Waals surface area contributed by atoms with Gasteiger partial charge in [-0.2, -0.15) is 0 Å². The molecule has 1 heterocycles. The fourth-order valence-electron chi connectivity index (χ4n) is 3.79. The molecule has 1 aromatic rings. The van der Waals surface area contributed by atoms with Crippen molar-refractivity contribution in [2.24, 2.45) is 0 Å². The topological polar surface area (TPSA) is 62.5 Å². The quantitative estimate of drug-likeness (QED) is 0.270. The summed E-state index contributed by atoms with van der Waals surface area (Å²) >= 11 is 0. The maximum absolute atomic E-state index is 12.0. The molecule has 0 aliphatic heterocycles. The molecule has 4 nitrogen and oxygen atoms in total. The van der Waals surface area contributed by atoms with E-state index >= 15 is 0 Å². The Hall–Kier alpha value is -1.71. The van der Waals surface area contributed by atoms with E-state index in [1.165, 1.54) is 88.0 Å². The van der Waals surface area contributed by atoms with Gasteiger partial charge < -0.3 is 10.2 Å². The largest absolute Gasteiger partial charge is 0.504 e. The number of nitrogens with zero attached hydrogens (tertiary/aromatic N) is 1. The molecule has 166 valence electrons. The molecule has 0 saturated carbocycles. The first-order chi connectivity index (χ1) is 14.1. The van der Waals surface area contributed by atoms with Gasteiger partial charge in [0.15, 0.2) is 11.5 Å². The molecule has 0 spiro atoms. The SMILES string of the molecule is CCCCCCCCCCCCCCCCC=Cn1c(CC)c(O)c(O)cc1=O. The highest BCUT2D eigenvalue weighted by molar-refractivity contribution is 5.44. The van der Waals surface area contributed by atoms with Gasteiger partial charge in [-0.25, -0.2) is 0 Å². The average Bonchev–Trinajstić information content (AvgIpc) is 2.71. The molecule has 0 radical (unpaired) electrons. The maximum atomic E-state index is 12.0. The Labute approximate surface area is 177 Å². The van der Waals surface area contributed by atoms with E-state index in [9.17, 15) is 15.0 Å². The Morgan fingerprint density at radius 1 is 0.793 bits per heavy atom. The zero-order chi connectivity index (χ0) is 21.3. The number of allylic oxidation sites excluding steroid dienone is 1. The minimum Gasteiger partial charge on any atom is -0.504 e. The number of rotatable bonds is 17. The predicted octanol–water partition coefficient (Wildman–Crippen LogP) is 7.16. The maximum Gasteiger partial charge on any atom is 0.258 e. The second kappa shape index (κ2) is 16.1. The number of hydrogen-bond acceptors (Lipinski definition) is 3. The van der Waals surface area contributed by atoms with Gasteiger partial charge in [-0.15, -0.1) is 0 Å². The van der Waals surface area contributed by atoms with E-state index in [1.54, 1.807) is 6.20 Å². The fourth-order valence-corrected chi connectivity index (χ4v) is 3.79. The Kier molecular flexibility index (Phi) is 14.1. The van der Waals surface area contributed by atoms with E-state index in [1.807, 2.05) is 13.0 Å². The summed E-state index contributed by atoms with van der Waals surface area (Å²) in [4.78, 5) is 12.0. The molecule has 0 unspecified atom stereocenters. The Morgan fingerprint density at radius 3 is 1.76 bits per heavy atom. The highest BCUT2D eigenvalue weighted by atomic mass is 16.3. The van der Waals surface area contributed by atoms with E-state index in [0.29, 0.717) is 12.1 Å². The van der Waals surface area contributed by atoms with Crippen molar-refractivity contribution in [1.29, 1.82) is 0 Å². The summed E-state index contributed by atoms with van der Waals surface area (Å²) < 4.78 is 1.43. The third kappa shape index (κ3) is 10.6. The van der Waals surface area contributed by atoms with Gasteiger partial charge in [0.25, 0.3) is 5.56 Å². The van der Waals surface area contributed by atoms with Crippen LogP contribution in [0.25, 0.3) is 6.20 Å². The Balaban J connectivity index is 2.05. The van der Waals surface area contributed by atoms with Crippen LogP contribution in [0.1, 0.15) is 116 Å². The van der Waals surface area contributed by atoms with E-state index in [-0.39, 0.29) is 17.1 Å². The van der Waals surface area contributed by atoms with Crippen LogP contribution in [0.5, 0.6) is 11.5 Å². The zero-order valence-electron chi connectivity index (χ0n) is 18.8. The Bertz CT molecular complexity index is 634. The van der Waals surface area contributed by atoms with Crippen molar-refractivity contribution in [1.82, 2.24) is 4.57 Å². The van der Waals surface area contributed by atoms with Crippen molar-refractivity contribution in [3.8, 4) is 11.5 Å². The van der Waals surface area contributed by atoms with Crippen LogP contribution in [0.2, 0.25) is 0 Å². The van der Waals surface area contributed by atoms with Crippen molar-refractivity contribution < 1.29 is 10.2 Å². The lowest BCUT2D eigenvalue weighted by molar-refractivity contribution is 0.394. The third-order valence-corrected chi connectivity index (χ3v) is 5.62. The summed E-state index contributed by atoms with van der Waals surface area (Å²) in [5.74, 6) is -0.545. The average molecular weight is 406 g/mol. The van der Waals surface area contributed by atoms with Crippen molar-refractivity contribution in [2.45, 2.75) is 117 Å². The number of pyridine rings is 1. The molecule has 0 saturated heterocycles. The van der Waals surface area contributed by atoms with Crippen molar-refractivity contribution >= 4 is 6.20 Å². The number of unbranched alkanes of at least 4 members (excludes halogenated alkanes) is 14. The number of hydrogen-bond donors (Lipinski definition) is 2. The number of aromatic hydroxyl groups is 2. The van der Waals surface area contributed by atoms with Crippen LogP contribution in [-0.2, 0) is 6.42 Å². The van der Waals surface area contributed by atoms with Crippen LogP contribution >= 0.6 is 0 Å². The summed E-state index contributed by atoms with van der Waals surface area (Å²) in [6.45, 7) is 4.12. The van der Waals surface area contributed by atoms with Crippen LogP contribution in [0.15, 0.2) is 16.9 Å². The van der Waals surface area contributed by atoms with Gasteiger partial charge in [-0.05, 0) is 19.3 Å². The smallest absolute Gasteiger partial charge is 0.258 e. The lowest BCUT2D eigenvalue weighted by Crippen LogP contribution is -2.17. The molecule has 1 aromatic heterocycles. The normalized spacial score (nSPS) is 11.5. The lowest BCUT2D eigenvalue weighted by atomic mass is 10.0. The van der Waals surface area contributed by atoms with Crippen LogP contribution in [-0.4, -0.2) is 14.8 Å². The second-order valence-corrected chi connectivity index (χ2v) is 8.16. The Morgan fingerprint density at radius 2 is 1.28 bits per heavy atom. The first kappa shape index (κ1) is 25.3. The summed E-state index contributed by atoms with van der Waals surface area (Å²) in [5, 5.41) is 19.5. The van der Waals surface area contributed by atoms with Crippen LogP contribution < -0.4 is 5.56 Å². The van der Waals surface area contributed by atoms with Gasteiger partial charge in [-0.3, -0.25) is 9.36 Å². The molecule has 0 aliphatic rings. The molecule has 29 heavy (non-hydrogen) atoms. The molecular weight excluding hydrogens is 362 g/mol. The van der Waals surface area contributed by atoms with E-state index in [0.717, 1.165) is 18.9 Å². The predicted molar refractivity (Wildman–Crippen MR) is 124 cm³/mol. The highest BCUT2D eigenvalue weighted by Crippen LogP contribution is 2.26. The van der Waals surface area contributed by atoms with Gasteiger partial charge in [-0.1, -0.05) is 103 Å². The van der Waals surface area contributed by atoms with Gasteiger partial charge in [0, 0.05) is 12.3 Å². The summed E-state index contributed by atoms with van der Waals surface area (Å²) in [6, 6.07) is 1.06. The van der Waals surface area contributed by atoms with Gasteiger partial charge in [0.05, 0.1) is 5.69 Å². The molecule has 0 aromatic carbocycles. The fraction of sp³-hybridized carbons (Fsp3) is 0.720.